The molecule has 1 fully saturated rings. The topological polar surface area (TPSA) is 66.7 Å². The lowest BCUT2D eigenvalue weighted by atomic mass is 10.1. The van der Waals surface area contributed by atoms with Crippen LogP contribution in [0.15, 0.2) is 34.9 Å². The molecule has 0 aliphatic carbocycles. The highest BCUT2D eigenvalue weighted by molar-refractivity contribution is 5.92. The summed E-state index contributed by atoms with van der Waals surface area (Å²) in [7, 11) is 0. The fourth-order valence-corrected chi connectivity index (χ4v) is 2.85. The van der Waals surface area contributed by atoms with Crippen molar-refractivity contribution in [3.05, 3.63) is 53.2 Å². The lowest BCUT2D eigenvalue weighted by Crippen LogP contribution is -2.50. The number of nitrogens with zero attached hydrogens (tertiary/aromatic N) is 3. The number of carbonyl (C=O) groups excluding carboxylic acids is 2. The van der Waals surface area contributed by atoms with Gasteiger partial charge in [0.25, 0.3) is 5.91 Å². The summed E-state index contributed by atoms with van der Waals surface area (Å²) >= 11 is 0. The summed E-state index contributed by atoms with van der Waals surface area (Å²) < 4.78 is 17.8. The molecule has 1 aromatic heterocycles. The smallest absolute Gasteiger partial charge is 0.276 e. The molecule has 0 bridgehead atoms. The zero-order valence-electron chi connectivity index (χ0n) is 14.1. The van der Waals surface area contributed by atoms with Gasteiger partial charge in [0, 0.05) is 38.7 Å². The van der Waals surface area contributed by atoms with E-state index in [2.05, 4.69) is 5.16 Å². The summed E-state index contributed by atoms with van der Waals surface area (Å²) in [6.45, 7) is 3.71. The molecule has 7 heteroatoms. The monoisotopic (exact) mass is 345 g/mol. The Morgan fingerprint density at radius 3 is 2.36 bits per heavy atom. The predicted molar refractivity (Wildman–Crippen MR) is 88.4 cm³/mol. The van der Waals surface area contributed by atoms with Gasteiger partial charge in [-0.25, -0.2) is 4.39 Å². The van der Waals surface area contributed by atoms with Gasteiger partial charge in [-0.05, 0) is 31.0 Å². The largest absolute Gasteiger partial charge is 0.361 e. The molecule has 0 unspecified atom stereocenters. The SMILES string of the molecule is Cc1cc(C(=O)N2CCN(C(=O)CCc3ccc(F)cc3)CC2)no1. The van der Waals surface area contributed by atoms with E-state index in [1.165, 1.54) is 12.1 Å². The van der Waals surface area contributed by atoms with Crippen LogP contribution < -0.4 is 0 Å². The highest BCUT2D eigenvalue weighted by Gasteiger charge is 2.26. The Kier molecular flexibility index (Phi) is 5.11. The molecule has 6 nitrogen and oxygen atoms in total. The van der Waals surface area contributed by atoms with Gasteiger partial charge in [0.2, 0.25) is 5.91 Å². The number of hydrogen-bond donors (Lipinski definition) is 0. The van der Waals surface area contributed by atoms with Gasteiger partial charge in [-0.1, -0.05) is 17.3 Å². The molecule has 2 aromatic rings. The molecule has 1 aliphatic rings. The summed E-state index contributed by atoms with van der Waals surface area (Å²) in [6, 6.07) is 7.80. The first-order chi connectivity index (χ1) is 12.0. The van der Waals surface area contributed by atoms with Crippen LogP contribution in [0.4, 0.5) is 4.39 Å². The molecule has 1 saturated heterocycles. The number of rotatable bonds is 4. The molecule has 0 atom stereocenters. The van der Waals surface area contributed by atoms with Crippen LogP contribution in [0.5, 0.6) is 0 Å². The molecule has 0 radical (unpaired) electrons. The molecule has 0 saturated carbocycles. The van der Waals surface area contributed by atoms with Crippen LogP contribution in [-0.2, 0) is 11.2 Å². The van der Waals surface area contributed by atoms with E-state index in [-0.39, 0.29) is 17.6 Å². The molecule has 132 valence electrons. The minimum absolute atomic E-state index is 0.0497. The second-order valence-corrected chi connectivity index (χ2v) is 6.12. The van der Waals surface area contributed by atoms with Crippen LogP contribution in [0.3, 0.4) is 0 Å². The Hall–Kier alpha value is -2.70. The van der Waals surface area contributed by atoms with Gasteiger partial charge in [0.15, 0.2) is 5.69 Å². The van der Waals surface area contributed by atoms with Gasteiger partial charge in [0.05, 0.1) is 0 Å². The molecular formula is C18H20FN3O3. The normalized spacial score (nSPS) is 14.6. The fourth-order valence-electron chi connectivity index (χ4n) is 2.85. The van der Waals surface area contributed by atoms with Gasteiger partial charge in [-0.2, -0.15) is 0 Å². The molecule has 2 amide bonds. The average molecular weight is 345 g/mol. The van der Waals surface area contributed by atoms with Crippen LogP contribution in [0.25, 0.3) is 0 Å². The molecule has 0 spiro atoms. The van der Waals surface area contributed by atoms with Crippen molar-refractivity contribution >= 4 is 11.8 Å². The van der Waals surface area contributed by atoms with Crippen LogP contribution in [0, 0.1) is 12.7 Å². The number of amides is 2. The maximum atomic E-state index is 12.9. The third-order valence-electron chi connectivity index (χ3n) is 4.31. The van der Waals surface area contributed by atoms with Crippen LogP contribution in [-0.4, -0.2) is 52.9 Å². The van der Waals surface area contributed by atoms with Crippen molar-refractivity contribution in [2.45, 2.75) is 19.8 Å². The highest BCUT2D eigenvalue weighted by atomic mass is 19.1. The number of carbonyl (C=O) groups is 2. The molecule has 1 aliphatic heterocycles. The van der Waals surface area contributed by atoms with E-state index >= 15 is 0 Å². The number of aromatic nitrogens is 1. The Balaban J connectivity index is 1.47. The molecular weight excluding hydrogens is 325 g/mol. The summed E-state index contributed by atoms with van der Waals surface area (Å²) in [5.74, 6) is 0.195. The van der Waals surface area contributed by atoms with Gasteiger partial charge < -0.3 is 14.3 Å². The molecule has 25 heavy (non-hydrogen) atoms. The van der Waals surface area contributed by atoms with Crippen molar-refractivity contribution in [3.8, 4) is 0 Å². The third kappa shape index (κ3) is 4.23. The highest BCUT2D eigenvalue weighted by Crippen LogP contribution is 2.12. The van der Waals surface area contributed by atoms with Crippen molar-refractivity contribution < 1.29 is 18.5 Å². The second kappa shape index (κ2) is 7.46. The summed E-state index contributed by atoms with van der Waals surface area (Å²) in [6.07, 6.45) is 0.957. The number of halogens is 1. The first kappa shape index (κ1) is 17.1. The zero-order chi connectivity index (χ0) is 17.8. The fraction of sp³-hybridized carbons (Fsp3) is 0.389. The lowest BCUT2D eigenvalue weighted by molar-refractivity contribution is -0.132. The van der Waals surface area contributed by atoms with Gasteiger partial charge in [0.1, 0.15) is 11.6 Å². The van der Waals surface area contributed by atoms with Gasteiger partial charge in [-0.15, -0.1) is 0 Å². The Morgan fingerprint density at radius 1 is 1.12 bits per heavy atom. The Bertz CT molecular complexity index is 749. The number of piperazine rings is 1. The molecule has 2 heterocycles. The van der Waals surface area contributed by atoms with E-state index in [1.807, 2.05) is 0 Å². The first-order valence-corrected chi connectivity index (χ1v) is 8.28. The average Bonchev–Trinajstić information content (AvgIpc) is 3.07. The lowest BCUT2D eigenvalue weighted by Gasteiger charge is -2.34. The van der Waals surface area contributed by atoms with Crippen LogP contribution in [0.1, 0.15) is 28.2 Å². The van der Waals surface area contributed by atoms with Crippen molar-refractivity contribution in [2.75, 3.05) is 26.2 Å². The predicted octanol–water partition coefficient (Wildman–Crippen LogP) is 2.04. The van der Waals surface area contributed by atoms with E-state index < -0.39 is 0 Å². The maximum Gasteiger partial charge on any atom is 0.276 e. The van der Waals surface area contributed by atoms with Crippen molar-refractivity contribution in [1.29, 1.82) is 0 Å². The maximum absolute atomic E-state index is 12.9. The number of hydrogen-bond acceptors (Lipinski definition) is 4. The minimum Gasteiger partial charge on any atom is -0.361 e. The zero-order valence-corrected chi connectivity index (χ0v) is 14.1. The van der Waals surface area contributed by atoms with Gasteiger partial charge >= 0.3 is 0 Å². The number of benzene rings is 1. The van der Waals surface area contributed by atoms with E-state index in [9.17, 15) is 14.0 Å². The Morgan fingerprint density at radius 2 is 1.76 bits per heavy atom. The quantitative estimate of drug-likeness (QED) is 0.850. The van der Waals surface area contributed by atoms with Crippen LogP contribution >= 0.6 is 0 Å². The molecule has 1 aromatic carbocycles. The van der Waals surface area contributed by atoms with Crippen molar-refractivity contribution in [2.24, 2.45) is 0 Å². The summed E-state index contributed by atoms with van der Waals surface area (Å²) in [4.78, 5) is 28.1. The van der Waals surface area contributed by atoms with Crippen molar-refractivity contribution in [3.63, 3.8) is 0 Å². The first-order valence-electron chi connectivity index (χ1n) is 8.28. The van der Waals surface area contributed by atoms with Crippen molar-refractivity contribution in [1.82, 2.24) is 15.0 Å². The molecule has 0 N–H and O–H groups in total. The standard InChI is InChI=1S/C18H20FN3O3/c1-13-12-16(20-25-13)18(24)22-10-8-21(9-11-22)17(23)7-4-14-2-5-15(19)6-3-14/h2-3,5-6,12H,4,7-11H2,1H3. The van der Waals surface area contributed by atoms with E-state index in [1.54, 1.807) is 34.9 Å². The van der Waals surface area contributed by atoms with E-state index in [0.29, 0.717) is 50.5 Å². The van der Waals surface area contributed by atoms with Crippen LogP contribution in [0.2, 0.25) is 0 Å². The number of aryl methyl sites for hydroxylation is 2. The second-order valence-electron chi connectivity index (χ2n) is 6.12. The third-order valence-corrected chi connectivity index (χ3v) is 4.31. The molecule has 3 rings (SSSR count). The minimum atomic E-state index is -0.279. The summed E-state index contributed by atoms with van der Waals surface area (Å²) in [5, 5.41) is 3.74. The van der Waals surface area contributed by atoms with E-state index in [4.69, 9.17) is 4.52 Å². The summed E-state index contributed by atoms with van der Waals surface area (Å²) in [5.41, 5.74) is 1.23. The Labute approximate surface area is 145 Å². The van der Waals surface area contributed by atoms with Gasteiger partial charge in [-0.3, -0.25) is 9.59 Å². The van der Waals surface area contributed by atoms with E-state index in [0.717, 1.165) is 5.56 Å².